The highest BCUT2D eigenvalue weighted by Crippen LogP contribution is 2.49. The van der Waals surface area contributed by atoms with E-state index in [2.05, 4.69) is 5.32 Å². The molecule has 1 saturated carbocycles. The van der Waals surface area contributed by atoms with Crippen LogP contribution in [-0.4, -0.2) is 18.8 Å². The van der Waals surface area contributed by atoms with Gasteiger partial charge in [0.2, 0.25) is 0 Å². The zero-order valence-corrected chi connectivity index (χ0v) is 10.3. The molecule has 0 saturated heterocycles. The van der Waals surface area contributed by atoms with Crippen molar-refractivity contribution in [3.8, 4) is 11.8 Å². The Morgan fingerprint density at radius 3 is 2.58 bits per heavy atom. The first-order valence-electron chi connectivity index (χ1n) is 5.81. The van der Waals surface area contributed by atoms with E-state index >= 15 is 0 Å². The number of nitriles is 1. The lowest BCUT2D eigenvalue weighted by molar-refractivity contribution is -0.166. The minimum Gasteiger partial charge on any atom is -0.495 e. The summed E-state index contributed by atoms with van der Waals surface area (Å²) in [7, 11) is 1.44. The molecule has 0 aromatic heterocycles. The van der Waals surface area contributed by atoms with Gasteiger partial charge in [-0.25, -0.2) is 0 Å². The predicted octanol–water partition coefficient (Wildman–Crippen LogP) is 2.75. The molecule has 0 heterocycles. The van der Waals surface area contributed by atoms with Crippen molar-refractivity contribution < 1.29 is 17.9 Å². The summed E-state index contributed by atoms with van der Waals surface area (Å²) in [5, 5.41) is 11.5. The number of benzene rings is 1. The highest BCUT2D eigenvalue weighted by Gasteiger charge is 2.62. The number of nitrogens with zero attached hydrogens (tertiary/aromatic N) is 1. The highest BCUT2D eigenvalue weighted by atomic mass is 19.4. The number of rotatable bonds is 4. The summed E-state index contributed by atoms with van der Waals surface area (Å²) in [6.07, 6.45) is -4.01. The number of hydrogen-bond donors (Lipinski definition) is 1. The van der Waals surface area contributed by atoms with Crippen molar-refractivity contribution in [3.05, 3.63) is 29.3 Å². The third-order valence-corrected chi connectivity index (χ3v) is 3.31. The van der Waals surface area contributed by atoms with E-state index in [1.54, 1.807) is 12.1 Å². The molecule has 0 atom stereocenters. The van der Waals surface area contributed by atoms with E-state index in [9.17, 15) is 13.2 Å². The van der Waals surface area contributed by atoms with Crippen LogP contribution in [0.25, 0.3) is 0 Å². The molecule has 0 bridgehead atoms. The van der Waals surface area contributed by atoms with Crippen LogP contribution in [-0.2, 0) is 6.54 Å². The largest absolute Gasteiger partial charge is 0.495 e. The first kappa shape index (κ1) is 13.7. The first-order chi connectivity index (χ1) is 8.92. The van der Waals surface area contributed by atoms with Gasteiger partial charge in [-0.15, -0.1) is 0 Å². The molecular formula is C13H13F3N2O. The Morgan fingerprint density at radius 1 is 1.42 bits per heavy atom. The Bertz CT molecular complexity index is 516. The molecule has 102 valence electrons. The Kier molecular flexibility index (Phi) is 3.42. The standard InChI is InChI=1S/C13H13F3N2O/c1-19-11-3-2-9(6-10(11)7-17)8-18-12(4-5-12)13(14,15)16/h2-3,6,18H,4-5,8H2,1H3. The number of nitrogens with one attached hydrogen (secondary N) is 1. The lowest BCUT2D eigenvalue weighted by Crippen LogP contribution is -2.44. The molecule has 1 aliphatic rings. The maximum atomic E-state index is 12.7. The van der Waals surface area contributed by atoms with Crippen LogP contribution in [0.15, 0.2) is 18.2 Å². The summed E-state index contributed by atoms with van der Waals surface area (Å²) >= 11 is 0. The average molecular weight is 270 g/mol. The SMILES string of the molecule is COc1ccc(CNC2(C(F)(F)F)CC2)cc1C#N. The molecular weight excluding hydrogens is 257 g/mol. The molecule has 1 aromatic carbocycles. The van der Waals surface area contributed by atoms with E-state index in [0.717, 1.165) is 0 Å². The third-order valence-electron chi connectivity index (χ3n) is 3.31. The van der Waals surface area contributed by atoms with E-state index in [-0.39, 0.29) is 19.4 Å². The van der Waals surface area contributed by atoms with Crippen molar-refractivity contribution in [1.82, 2.24) is 5.32 Å². The van der Waals surface area contributed by atoms with Gasteiger partial charge in [-0.3, -0.25) is 5.32 Å². The van der Waals surface area contributed by atoms with Gasteiger partial charge in [0.1, 0.15) is 17.4 Å². The van der Waals surface area contributed by atoms with Gasteiger partial charge in [-0.1, -0.05) is 6.07 Å². The summed E-state index contributed by atoms with van der Waals surface area (Å²) in [5.41, 5.74) is -0.786. The van der Waals surface area contributed by atoms with Crippen LogP contribution < -0.4 is 10.1 Å². The van der Waals surface area contributed by atoms with Gasteiger partial charge in [0.05, 0.1) is 12.7 Å². The number of ether oxygens (including phenoxy) is 1. The quantitative estimate of drug-likeness (QED) is 0.915. The molecule has 6 heteroatoms. The summed E-state index contributed by atoms with van der Waals surface area (Å²) in [6, 6.07) is 6.73. The molecule has 1 aliphatic carbocycles. The van der Waals surface area contributed by atoms with Crippen molar-refractivity contribution in [3.63, 3.8) is 0 Å². The van der Waals surface area contributed by atoms with Crippen molar-refractivity contribution in [2.24, 2.45) is 0 Å². The second-order valence-corrected chi connectivity index (χ2v) is 4.58. The lowest BCUT2D eigenvalue weighted by Gasteiger charge is -2.20. The Balaban J connectivity index is 2.07. The highest BCUT2D eigenvalue weighted by molar-refractivity contribution is 5.45. The first-order valence-corrected chi connectivity index (χ1v) is 5.81. The molecule has 2 rings (SSSR count). The van der Waals surface area contributed by atoms with Crippen molar-refractivity contribution in [2.75, 3.05) is 7.11 Å². The van der Waals surface area contributed by atoms with E-state index in [1.165, 1.54) is 13.2 Å². The smallest absolute Gasteiger partial charge is 0.406 e. The fourth-order valence-corrected chi connectivity index (χ4v) is 1.91. The third kappa shape index (κ3) is 2.66. The van der Waals surface area contributed by atoms with Gasteiger partial charge in [0.25, 0.3) is 0 Å². The van der Waals surface area contributed by atoms with Crippen LogP contribution in [0, 0.1) is 11.3 Å². The fraction of sp³-hybridized carbons (Fsp3) is 0.462. The van der Waals surface area contributed by atoms with Crippen LogP contribution in [0.3, 0.4) is 0 Å². The molecule has 0 unspecified atom stereocenters. The molecule has 0 spiro atoms. The second kappa shape index (κ2) is 4.74. The molecule has 0 amide bonds. The molecule has 1 aromatic rings. The number of hydrogen-bond acceptors (Lipinski definition) is 3. The van der Waals surface area contributed by atoms with E-state index in [1.807, 2.05) is 6.07 Å². The van der Waals surface area contributed by atoms with Crippen LogP contribution in [0.4, 0.5) is 13.2 Å². The normalized spacial score (nSPS) is 16.8. The number of alkyl halides is 3. The zero-order chi connectivity index (χ0) is 14.1. The van der Waals surface area contributed by atoms with E-state index < -0.39 is 11.7 Å². The summed E-state index contributed by atoms with van der Waals surface area (Å²) in [6.45, 7) is 0.0815. The van der Waals surface area contributed by atoms with Gasteiger partial charge in [-0.05, 0) is 30.5 Å². The topological polar surface area (TPSA) is 45.0 Å². The predicted molar refractivity (Wildman–Crippen MR) is 62.6 cm³/mol. The molecule has 1 N–H and O–H groups in total. The van der Waals surface area contributed by atoms with Crippen LogP contribution in [0.2, 0.25) is 0 Å². The molecule has 3 nitrogen and oxygen atoms in total. The van der Waals surface area contributed by atoms with Crippen LogP contribution in [0.1, 0.15) is 24.0 Å². The maximum absolute atomic E-state index is 12.7. The Morgan fingerprint density at radius 2 is 2.11 bits per heavy atom. The monoisotopic (exact) mass is 270 g/mol. The maximum Gasteiger partial charge on any atom is 0.406 e. The van der Waals surface area contributed by atoms with Crippen molar-refractivity contribution in [1.29, 1.82) is 5.26 Å². The van der Waals surface area contributed by atoms with Crippen molar-refractivity contribution in [2.45, 2.75) is 31.1 Å². The second-order valence-electron chi connectivity index (χ2n) is 4.58. The Labute approximate surface area is 109 Å². The summed E-state index contributed by atoms with van der Waals surface area (Å²) in [5.74, 6) is 0.420. The zero-order valence-electron chi connectivity index (χ0n) is 10.3. The fourth-order valence-electron chi connectivity index (χ4n) is 1.91. The summed E-state index contributed by atoms with van der Waals surface area (Å²) in [4.78, 5) is 0. The minimum absolute atomic E-state index is 0.0815. The Hall–Kier alpha value is -1.74. The molecule has 19 heavy (non-hydrogen) atoms. The van der Waals surface area contributed by atoms with Gasteiger partial charge in [0, 0.05) is 6.54 Å². The van der Waals surface area contributed by atoms with E-state index in [4.69, 9.17) is 10.00 Å². The van der Waals surface area contributed by atoms with Crippen molar-refractivity contribution >= 4 is 0 Å². The number of halogens is 3. The molecule has 0 aliphatic heterocycles. The van der Waals surface area contributed by atoms with Gasteiger partial charge >= 0.3 is 6.18 Å². The number of methoxy groups -OCH3 is 1. The van der Waals surface area contributed by atoms with Gasteiger partial charge in [0.15, 0.2) is 0 Å². The van der Waals surface area contributed by atoms with E-state index in [0.29, 0.717) is 16.9 Å². The average Bonchev–Trinajstić information content (AvgIpc) is 3.16. The van der Waals surface area contributed by atoms with Crippen LogP contribution in [0.5, 0.6) is 5.75 Å². The van der Waals surface area contributed by atoms with Crippen LogP contribution >= 0.6 is 0 Å². The molecule has 0 radical (unpaired) electrons. The van der Waals surface area contributed by atoms with Gasteiger partial charge < -0.3 is 4.74 Å². The van der Waals surface area contributed by atoms with Gasteiger partial charge in [-0.2, -0.15) is 18.4 Å². The lowest BCUT2D eigenvalue weighted by atomic mass is 10.1. The molecule has 1 fully saturated rings. The summed E-state index contributed by atoms with van der Waals surface area (Å²) < 4.78 is 43.2. The minimum atomic E-state index is -4.22.